The number of carbonyl (C=O) groups is 3. The number of hydrogen-bond donors (Lipinski definition) is 1. The average Bonchev–Trinajstić information content (AvgIpc) is 2.56. The van der Waals surface area contributed by atoms with Crippen LogP contribution < -0.4 is 4.74 Å². The Bertz CT molecular complexity index is 585. The van der Waals surface area contributed by atoms with Crippen molar-refractivity contribution < 1.29 is 33.7 Å². The van der Waals surface area contributed by atoms with Crippen LogP contribution in [0.4, 0.5) is 4.79 Å². The molecule has 0 spiro atoms. The van der Waals surface area contributed by atoms with Crippen LogP contribution in [-0.4, -0.2) is 35.9 Å². The van der Waals surface area contributed by atoms with Gasteiger partial charge in [0.25, 0.3) is 0 Å². The molecule has 130 valence electrons. The van der Waals surface area contributed by atoms with Crippen molar-refractivity contribution in [3.8, 4) is 5.75 Å². The molecule has 0 radical (unpaired) electrons. The molecule has 0 aromatic heterocycles. The molecule has 1 aromatic carbocycles. The van der Waals surface area contributed by atoms with Crippen LogP contribution in [0.3, 0.4) is 0 Å². The first-order valence-corrected chi connectivity index (χ1v) is 7.88. The molecular weight excluding hydrogens is 316 g/mol. The Morgan fingerprint density at radius 2 is 1.71 bits per heavy atom. The number of carboxylic acid groups (broad SMARTS) is 1. The minimum Gasteiger partial charge on any atom is -0.481 e. The van der Waals surface area contributed by atoms with Gasteiger partial charge in [0.05, 0.1) is 18.1 Å². The molecule has 1 fully saturated rings. The molecule has 2 rings (SSSR count). The molecule has 1 aliphatic rings. The molecule has 1 N–H and O–H groups in total. The molecule has 24 heavy (non-hydrogen) atoms. The molecule has 0 aliphatic heterocycles. The first-order valence-electron chi connectivity index (χ1n) is 7.88. The minimum atomic E-state index is -0.803. The third-order valence-corrected chi connectivity index (χ3v) is 3.85. The summed E-state index contributed by atoms with van der Waals surface area (Å²) in [6, 6.07) is 5.96. The molecule has 0 saturated heterocycles. The molecule has 1 aromatic rings. The highest BCUT2D eigenvalue weighted by Crippen LogP contribution is 2.27. The predicted octanol–water partition coefficient (Wildman–Crippen LogP) is 3.02. The molecule has 7 nitrogen and oxygen atoms in total. The average molecular weight is 336 g/mol. The summed E-state index contributed by atoms with van der Waals surface area (Å²) in [5, 5.41) is 8.95. The summed E-state index contributed by atoms with van der Waals surface area (Å²) in [5.74, 6) is -1.35. The van der Waals surface area contributed by atoms with Crippen molar-refractivity contribution in [1.29, 1.82) is 0 Å². The maximum absolute atomic E-state index is 12.1. The first kappa shape index (κ1) is 17.8. The fourth-order valence-corrected chi connectivity index (χ4v) is 2.55. The molecule has 1 saturated carbocycles. The largest absolute Gasteiger partial charge is 0.513 e. The van der Waals surface area contributed by atoms with E-state index in [9.17, 15) is 14.4 Å². The maximum atomic E-state index is 12.1. The lowest BCUT2D eigenvalue weighted by molar-refractivity contribution is -0.143. The van der Waals surface area contributed by atoms with Gasteiger partial charge < -0.3 is 19.3 Å². The normalized spacial score (nSPS) is 20.0. The van der Waals surface area contributed by atoms with Gasteiger partial charge >= 0.3 is 18.1 Å². The van der Waals surface area contributed by atoms with Gasteiger partial charge in [-0.15, -0.1) is 0 Å². The van der Waals surface area contributed by atoms with Gasteiger partial charge in [0.15, 0.2) is 0 Å². The van der Waals surface area contributed by atoms with Crippen molar-refractivity contribution in [1.82, 2.24) is 0 Å². The van der Waals surface area contributed by atoms with E-state index in [2.05, 4.69) is 4.74 Å². The number of aliphatic carboxylic acids is 1. The second-order valence-corrected chi connectivity index (χ2v) is 5.53. The highest BCUT2D eigenvalue weighted by molar-refractivity contribution is 5.89. The summed E-state index contributed by atoms with van der Waals surface area (Å²) in [6.07, 6.45) is 1.06. The van der Waals surface area contributed by atoms with Crippen molar-refractivity contribution in [2.75, 3.05) is 6.61 Å². The van der Waals surface area contributed by atoms with Crippen LogP contribution in [0.25, 0.3) is 0 Å². The van der Waals surface area contributed by atoms with Crippen LogP contribution in [0.15, 0.2) is 24.3 Å². The summed E-state index contributed by atoms with van der Waals surface area (Å²) in [6.45, 7) is 1.89. The number of hydrogen-bond acceptors (Lipinski definition) is 6. The van der Waals surface area contributed by atoms with Gasteiger partial charge in [0.2, 0.25) is 0 Å². The van der Waals surface area contributed by atoms with Crippen molar-refractivity contribution in [2.24, 2.45) is 5.92 Å². The van der Waals surface area contributed by atoms with Gasteiger partial charge in [-0.25, -0.2) is 9.59 Å². The molecule has 0 unspecified atom stereocenters. The lowest BCUT2D eigenvalue weighted by Crippen LogP contribution is -2.27. The molecule has 0 amide bonds. The van der Waals surface area contributed by atoms with Crippen LogP contribution in [-0.2, 0) is 14.3 Å². The van der Waals surface area contributed by atoms with Crippen LogP contribution in [0.2, 0.25) is 0 Å². The summed E-state index contributed by atoms with van der Waals surface area (Å²) < 4.78 is 15.0. The smallest absolute Gasteiger partial charge is 0.481 e. The number of ether oxygens (including phenoxy) is 3. The Morgan fingerprint density at radius 1 is 1.08 bits per heavy atom. The van der Waals surface area contributed by atoms with E-state index in [1.54, 1.807) is 6.92 Å². The SMILES string of the molecule is CCOC(=O)Oc1ccc(C(=O)OC2CCC(C(=O)O)CC2)cc1. The van der Waals surface area contributed by atoms with Crippen molar-refractivity contribution in [2.45, 2.75) is 38.7 Å². The summed E-state index contributed by atoms with van der Waals surface area (Å²) in [7, 11) is 0. The van der Waals surface area contributed by atoms with Gasteiger partial charge in [-0.1, -0.05) is 0 Å². The number of carbonyl (C=O) groups excluding carboxylic acids is 2. The van der Waals surface area contributed by atoms with Gasteiger partial charge in [-0.05, 0) is 56.9 Å². The van der Waals surface area contributed by atoms with Crippen LogP contribution >= 0.6 is 0 Å². The Labute approximate surface area is 139 Å². The van der Waals surface area contributed by atoms with Crippen LogP contribution in [0.1, 0.15) is 43.0 Å². The number of rotatable bonds is 5. The van der Waals surface area contributed by atoms with E-state index in [1.165, 1.54) is 24.3 Å². The zero-order chi connectivity index (χ0) is 17.5. The second kappa shape index (κ2) is 8.33. The van der Waals surface area contributed by atoms with E-state index < -0.39 is 18.1 Å². The van der Waals surface area contributed by atoms with E-state index >= 15 is 0 Å². The number of benzene rings is 1. The Hall–Kier alpha value is -2.57. The van der Waals surface area contributed by atoms with Gasteiger partial charge in [0, 0.05) is 0 Å². The fourth-order valence-electron chi connectivity index (χ4n) is 2.55. The zero-order valence-electron chi connectivity index (χ0n) is 13.4. The van der Waals surface area contributed by atoms with Gasteiger partial charge in [-0.2, -0.15) is 0 Å². The number of carboxylic acids is 1. The Morgan fingerprint density at radius 3 is 2.25 bits per heavy atom. The molecule has 0 bridgehead atoms. The molecule has 1 aliphatic carbocycles. The molecule has 0 atom stereocenters. The Kier molecular flexibility index (Phi) is 6.17. The third-order valence-electron chi connectivity index (χ3n) is 3.85. The lowest BCUT2D eigenvalue weighted by atomic mass is 9.87. The fraction of sp³-hybridized carbons (Fsp3) is 0.471. The topological polar surface area (TPSA) is 99.1 Å². The quantitative estimate of drug-likeness (QED) is 0.651. The Balaban J connectivity index is 1.84. The summed E-state index contributed by atoms with van der Waals surface area (Å²) in [4.78, 5) is 34.2. The van der Waals surface area contributed by atoms with E-state index in [4.69, 9.17) is 14.6 Å². The highest BCUT2D eigenvalue weighted by Gasteiger charge is 2.28. The van der Waals surface area contributed by atoms with Crippen molar-refractivity contribution in [3.05, 3.63) is 29.8 Å². The minimum absolute atomic E-state index is 0.216. The standard InChI is InChI=1S/C17H20O7/c1-2-22-17(21)24-14-9-5-12(6-10-14)16(20)23-13-7-3-11(4-8-13)15(18)19/h5-6,9-11,13H,2-4,7-8H2,1H3,(H,18,19). The van der Waals surface area contributed by atoms with Crippen molar-refractivity contribution in [3.63, 3.8) is 0 Å². The molecule has 0 heterocycles. The van der Waals surface area contributed by atoms with E-state index in [0.717, 1.165) is 0 Å². The molecular formula is C17H20O7. The van der Waals surface area contributed by atoms with Crippen molar-refractivity contribution >= 4 is 18.1 Å². The predicted molar refractivity (Wildman–Crippen MR) is 82.9 cm³/mol. The lowest BCUT2D eigenvalue weighted by Gasteiger charge is -2.25. The van der Waals surface area contributed by atoms with Gasteiger partial charge in [-0.3, -0.25) is 4.79 Å². The first-order chi connectivity index (χ1) is 11.5. The van der Waals surface area contributed by atoms with Crippen LogP contribution in [0.5, 0.6) is 5.75 Å². The van der Waals surface area contributed by atoms with E-state index in [-0.39, 0.29) is 24.4 Å². The zero-order valence-corrected chi connectivity index (χ0v) is 13.4. The summed E-state index contributed by atoms with van der Waals surface area (Å²) >= 11 is 0. The second-order valence-electron chi connectivity index (χ2n) is 5.53. The van der Waals surface area contributed by atoms with E-state index in [1.807, 2.05) is 0 Å². The van der Waals surface area contributed by atoms with Gasteiger partial charge in [0.1, 0.15) is 11.9 Å². The number of esters is 1. The molecule has 7 heteroatoms. The monoisotopic (exact) mass is 336 g/mol. The maximum Gasteiger partial charge on any atom is 0.513 e. The van der Waals surface area contributed by atoms with Crippen LogP contribution in [0, 0.1) is 5.92 Å². The van der Waals surface area contributed by atoms with E-state index in [0.29, 0.717) is 31.2 Å². The summed E-state index contributed by atoms with van der Waals surface area (Å²) in [5.41, 5.74) is 0.339. The highest BCUT2D eigenvalue weighted by atomic mass is 16.7. The third kappa shape index (κ3) is 4.97.